The second-order valence-electron chi connectivity index (χ2n) is 5.55. The summed E-state index contributed by atoms with van der Waals surface area (Å²) in [5.41, 5.74) is 1.99. The molecule has 0 saturated heterocycles. The third-order valence-corrected chi connectivity index (χ3v) is 3.82. The van der Waals surface area contributed by atoms with E-state index in [4.69, 9.17) is 0 Å². The van der Waals surface area contributed by atoms with E-state index < -0.39 is 11.5 Å². The van der Waals surface area contributed by atoms with Crippen LogP contribution in [0.1, 0.15) is 27.6 Å². The van der Waals surface area contributed by atoms with Crippen molar-refractivity contribution in [3.8, 4) is 11.1 Å². The standard InChI is InChI=1S/C20H16N2O3/c1-13(23)14-7-9-16(10-8-14)22-20(25)18-17(11-12-21-19(18)24)15-5-3-2-4-6-15/h2-12H,1H3,(H,21,24)(H,22,25). The van der Waals surface area contributed by atoms with Crippen LogP contribution in [-0.4, -0.2) is 16.7 Å². The fourth-order valence-electron chi connectivity index (χ4n) is 2.54. The monoisotopic (exact) mass is 332 g/mol. The van der Waals surface area contributed by atoms with Gasteiger partial charge in [0.15, 0.2) is 5.78 Å². The van der Waals surface area contributed by atoms with Gasteiger partial charge in [0, 0.05) is 23.0 Å². The maximum atomic E-state index is 12.6. The first-order chi connectivity index (χ1) is 12.1. The van der Waals surface area contributed by atoms with Gasteiger partial charge in [-0.2, -0.15) is 0 Å². The molecular weight excluding hydrogens is 316 g/mol. The number of rotatable bonds is 4. The molecular formula is C20H16N2O3. The Labute approximate surface area is 144 Å². The average Bonchev–Trinajstić information content (AvgIpc) is 2.62. The van der Waals surface area contributed by atoms with Gasteiger partial charge in [-0.05, 0) is 42.8 Å². The van der Waals surface area contributed by atoms with Crippen molar-refractivity contribution in [3.05, 3.63) is 88.3 Å². The van der Waals surface area contributed by atoms with Crippen molar-refractivity contribution in [2.24, 2.45) is 0 Å². The minimum atomic E-state index is -0.503. The number of hydrogen-bond acceptors (Lipinski definition) is 3. The number of amides is 1. The average molecular weight is 332 g/mol. The van der Waals surface area contributed by atoms with Crippen LogP contribution in [0, 0.1) is 0 Å². The van der Waals surface area contributed by atoms with Crippen LogP contribution in [0.3, 0.4) is 0 Å². The first-order valence-corrected chi connectivity index (χ1v) is 7.76. The highest BCUT2D eigenvalue weighted by molar-refractivity contribution is 6.08. The molecule has 0 aliphatic carbocycles. The summed E-state index contributed by atoms with van der Waals surface area (Å²) in [6.45, 7) is 1.48. The lowest BCUT2D eigenvalue weighted by molar-refractivity contribution is 0.101. The molecule has 5 heteroatoms. The molecule has 25 heavy (non-hydrogen) atoms. The van der Waals surface area contributed by atoms with Crippen LogP contribution in [0.15, 0.2) is 71.7 Å². The van der Waals surface area contributed by atoms with E-state index in [9.17, 15) is 14.4 Å². The van der Waals surface area contributed by atoms with E-state index in [-0.39, 0.29) is 11.3 Å². The summed E-state index contributed by atoms with van der Waals surface area (Å²) in [7, 11) is 0. The van der Waals surface area contributed by atoms with Crippen LogP contribution in [0.4, 0.5) is 5.69 Å². The largest absolute Gasteiger partial charge is 0.328 e. The quantitative estimate of drug-likeness (QED) is 0.718. The highest BCUT2D eigenvalue weighted by atomic mass is 16.2. The van der Waals surface area contributed by atoms with Crippen LogP contribution < -0.4 is 10.9 Å². The number of carbonyl (C=O) groups is 2. The maximum absolute atomic E-state index is 12.6. The number of ketones is 1. The molecule has 3 aromatic rings. The Morgan fingerprint density at radius 2 is 1.60 bits per heavy atom. The van der Waals surface area contributed by atoms with Crippen LogP contribution in [0.2, 0.25) is 0 Å². The number of aromatic nitrogens is 1. The summed E-state index contributed by atoms with van der Waals surface area (Å²) in [4.78, 5) is 38.7. The van der Waals surface area contributed by atoms with Crippen LogP contribution in [0.5, 0.6) is 0 Å². The summed E-state index contributed by atoms with van der Waals surface area (Å²) < 4.78 is 0. The number of pyridine rings is 1. The van der Waals surface area contributed by atoms with Gasteiger partial charge in [0.25, 0.3) is 11.5 Å². The molecule has 1 heterocycles. The lowest BCUT2D eigenvalue weighted by Crippen LogP contribution is -2.24. The summed E-state index contributed by atoms with van der Waals surface area (Å²) in [6.07, 6.45) is 1.52. The fourth-order valence-corrected chi connectivity index (χ4v) is 2.54. The lowest BCUT2D eigenvalue weighted by Gasteiger charge is -2.10. The van der Waals surface area contributed by atoms with Crippen molar-refractivity contribution < 1.29 is 9.59 Å². The molecule has 0 fully saturated rings. The van der Waals surface area contributed by atoms with Gasteiger partial charge in [-0.1, -0.05) is 30.3 Å². The minimum absolute atomic E-state index is 0.0457. The topological polar surface area (TPSA) is 79.0 Å². The third kappa shape index (κ3) is 3.55. The summed E-state index contributed by atoms with van der Waals surface area (Å²) >= 11 is 0. The van der Waals surface area contributed by atoms with Gasteiger partial charge in [-0.3, -0.25) is 14.4 Å². The van der Waals surface area contributed by atoms with Crippen molar-refractivity contribution in [3.63, 3.8) is 0 Å². The molecule has 0 aliphatic rings. The Morgan fingerprint density at radius 3 is 2.24 bits per heavy atom. The normalized spacial score (nSPS) is 10.3. The van der Waals surface area contributed by atoms with E-state index in [1.54, 1.807) is 30.3 Å². The molecule has 3 rings (SSSR count). The molecule has 0 unspecified atom stereocenters. The van der Waals surface area contributed by atoms with Gasteiger partial charge < -0.3 is 10.3 Å². The molecule has 0 radical (unpaired) electrons. The number of carbonyl (C=O) groups excluding carboxylic acids is 2. The second-order valence-corrected chi connectivity index (χ2v) is 5.55. The lowest BCUT2D eigenvalue weighted by atomic mass is 10.0. The number of aromatic amines is 1. The van der Waals surface area contributed by atoms with Gasteiger partial charge in [-0.15, -0.1) is 0 Å². The number of benzene rings is 2. The zero-order valence-electron chi connectivity index (χ0n) is 13.6. The van der Waals surface area contributed by atoms with Crippen molar-refractivity contribution >= 4 is 17.4 Å². The predicted molar refractivity (Wildman–Crippen MR) is 96.9 cm³/mol. The minimum Gasteiger partial charge on any atom is -0.328 e. The molecule has 1 aromatic heterocycles. The Hall–Kier alpha value is -3.47. The first-order valence-electron chi connectivity index (χ1n) is 7.76. The van der Waals surface area contributed by atoms with E-state index in [1.807, 2.05) is 30.3 Å². The third-order valence-electron chi connectivity index (χ3n) is 3.82. The maximum Gasteiger partial charge on any atom is 0.261 e. The Balaban J connectivity index is 1.95. The number of Topliss-reactive ketones (excluding diaryl/α,β-unsaturated/α-hetero) is 1. The number of H-pyrrole nitrogens is 1. The van der Waals surface area contributed by atoms with E-state index in [0.29, 0.717) is 16.8 Å². The molecule has 0 spiro atoms. The van der Waals surface area contributed by atoms with Crippen molar-refractivity contribution in [2.75, 3.05) is 5.32 Å². The van der Waals surface area contributed by atoms with Crippen molar-refractivity contribution in [2.45, 2.75) is 6.92 Å². The highest BCUT2D eigenvalue weighted by Gasteiger charge is 2.17. The molecule has 2 aromatic carbocycles. The smallest absolute Gasteiger partial charge is 0.261 e. The van der Waals surface area contributed by atoms with E-state index >= 15 is 0 Å². The number of anilines is 1. The van der Waals surface area contributed by atoms with Crippen molar-refractivity contribution in [1.29, 1.82) is 0 Å². The Bertz CT molecular complexity index is 974. The molecule has 0 atom stereocenters. The van der Waals surface area contributed by atoms with Gasteiger partial charge >= 0.3 is 0 Å². The van der Waals surface area contributed by atoms with E-state index in [1.165, 1.54) is 13.1 Å². The zero-order chi connectivity index (χ0) is 17.8. The molecule has 0 bridgehead atoms. The van der Waals surface area contributed by atoms with Gasteiger partial charge in [0.2, 0.25) is 0 Å². The van der Waals surface area contributed by atoms with E-state index in [0.717, 1.165) is 5.56 Å². The summed E-state index contributed by atoms with van der Waals surface area (Å²) in [5, 5.41) is 2.71. The first kappa shape index (κ1) is 16.4. The molecule has 124 valence electrons. The Morgan fingerprint density at radius 1 is 0.920 bits per heavy atom. The fraction of sp³-hybridized carbons (Fsp3) is 0.0500. The van der Waals surface area contributed by atoms with Gasteiger partial charge in [-0.25, -0.2) is 0 Å². The summed E-state index contributed by atoms with van der Waals surface area (Å²) in [6, 6.07) is 17.5. The molecule has 0 aliphatic heterocycles. The van der Waals surface area contributed by atoms with E-state index in [2.05, 4.69) is 10.3 Å². The van der Waals surface area contributed by atoms with Crippen molar-refractivity contribution in [1.82, 2.24) is 4.98 Å². The predicted octanol–water partition coefficient (Wildman–Crippen LogP) is 3.50. The molecule has 5 nitrogen and oxygen atoms in total. The van der Waals surface area contributed by atoms with Crippen LogP contribution in [0.25, 0.3) is 11.1 Å². The van der Waals surface area contributed by atoms with Gasteiger partial charge in [0.1, 0.15) is 5.56 Å². The SMILES string of the molecule is CC(=O)c1ccc(NC(=O)c2c(-c3ccccc3)cc[nH]c2=O)cc1. The Kier molecular flexibility index (Phi) is 4.57. The molecule has 2 N–H and O–H groups in total. The highest BCUT2D eigenvalue weighted by Crippen LogP contribution is 2.21. The summed E-state index contributed by atoms with van der Waals surface area (Å²) in [5.74, 6) is -0.556. The van der Waals surface area contributed by atoms with Crippen LogP contribution in [-0.2, 0) is 0 Å². The van der Waals surface area contributed by atoms with Crippen LogP contribution >= 0.6 is 0 Å². The second kappa shape index (κ2) is 6.97. The number of nitrogens with one attached hydrogen (secondary N) is 2. The molecule has 0 saturated carbocycles. The van der Waals surface area contributed by atoms with Gasteiger partial charge in [0.05, 0.1) is 0 Å². The zero-order valence-corrected chi connectivity index (χ0v) is 13.6. The molecule has 1 amide bonds. The number of hydrogen-bond donors (Lipinski definition) is 2.